The van der Waals surface area contributed by atoms with Gasteiger partial charge < -0.3 is 10.1 Å². The number of hydrogen-bond donors (Lipinski definition) is 2. The van der Waals surface area contributed by atoms with E-state index in [2.05, 4.69) is 17.0 Å². The Bertz CT molecular complexity index is 970. The molecule has 0 fully saturated rings. The minimum absolute atomic E-state index is 0.148. The van der Waals surface area contributed by atoms with Crippen molar-refractivity contribution in [2.75, 3.05) is 11.9 Å². The molecule has 0 aliphatic rings. The standard InChI is InChI=1S/C19H19N3O2/c1-3-24-17-11-9-15(10-12-17)20-13-18-14(2)21-22(19(18)23)16-7-5-4-6-8-16/h4-13,20-21H,2-3H2,1H3/b18-13-. The lowest BCUT2D eigenvalue weighted by atomic mass is 10.3. The lowest BCUT2D eigenvalue weighted by Gasteiger charge is -2.04. The fourth-order valence-electron chi connectivity index (χ4n) is 2.37. The molecule has 0 unspecified atom stereocenters. The summed E-state index contributed by atoms with van der Waals surface area (Å²) in [5, 5.41) is 7.17. The fraction of sp³-hybridized carbons (Fsp3) is 0.105. The van der Waals surface area contributed by atoms with E-state index in [1.54, 1.807) is 6.20 Å². The van der Waals surface area contributed by atoms with Gasteiger partial charge in [0.15, 0.2) is 0 Å². The molecular formula is C19H19N3O2. The monoisotopic (exact) mass is 321 g/mol. The number of nitrogens with one attached hydrogen (secondary N) is 2. The van der Waals surface area contributed by atoms with Gasteiger partial charge in [-0.05, 0) is 43.3 Å². The van der Waals surface area contributed by atoms with Crippen LogP contribution in [0.4, 0.5) is 5.69 Å². The number of H-pyrrole nitrogens is 1. The van der Waals surface area contributed by atoms with E-state index in [1.807, 2.05) is 61.5 Å². The van der Waals surface area contributed by atoms with E-state index in [9.17, 15) is 4.79 Å². The van der Waals surface area contributed by atoms with Crippen molar-refractivity contribution in [1.29, 1.82) is 0 Å². The lowest BCUT2D eigenvalue weighted by Crippen LogP contribution is -2.34. The number of nitrogens with zero attached hydrogens (tertiary/aromatic N) is 1. The summed E-state index contributed by atoms with van der Waals surface area (Å²) in [6.45, 7) is 6.49. The molecule has 0 spiro atoms. The Labute approximate surface area is 139 Å². The van der Waals surface area contributed by atoms with Gasteiger partial charge in [-0.1, -0.05) is 24.8 Å². The van der Waals surface area contributed by atoms with Gasteiger partial charge in [0.05, 0.1) is 22.9 Å². The number of aromatic nitrogens is 2. The van der Waals surface area contributed by atoms with E-state index in [0.717, 1.165) is 17.1 Å². The normalized spacial score (nSPS) is 11.5. The highest BCUT2D eigenvalue weighted by Crippen LogP contribution is 2.15. The van der Waals surface area contributed by atoms with Crippen LogP contribution in [0.3, 0.4) is 0 Å². The first kappa shape index (κ1) is 15.7. The molecule has 0 radical (unpaired) electrons. The first-order valence-corrected chi connectivity index (χ1v) is 7.74. The van der Waals surface area contributed by atoms with Gasteiger partial charge in [0.25, 0.3) is 5.56 Å². The molecule has 0 amide bonds. The van der Waals surface area contributed by atoms with E-state index in [-0.39, 0.29) is 5.56 Å². The Morgan fingerprint density at radius 2 is 1.88 bits per heavy atom. The predicted molar refractivity (Wildman–Crippen MR) is 96.9 cm³/mol. The summed E-state index contributed by atoms with van der Waals surface area (Å²) in [5.74, 6) is 0.814. The third-order valence-electron chi connectivity index (χ3n) is 3.57. The van der Waals surface area contributed by atoms with Gasteiger partial charge in [-0.3, -0.25) is 9.89 Å². The van der Waals surface area contributed by atoms with Crippen molar-refractivity contribution < 1.29 is 4.74 Å². The van der Waals surface area contributed by atoms with Gasteiger partial charge >= 0.3 is 0 Å². The number of anilines is 1. The molecule has 0 saturated carbocycles. The Morgan fingerprint density at radius 3 is 2.54 bits per heavy atom. The molecule has 24 heavy (non-hydrogen) atoms. The predicted octanol–water partition coefficient (Wildman–Crippen LogP) is 1.82. The molecule has 3 aromatic rings. The molecule has 0 bridgehead atoms. The zero-order valence-electron chi connectivity index (χ0n) is 13.5. The highest BCUT2D eigenvalue weighted by atomic mass is 16.5. The summed E-state index contributed by atoms with van der Waals surface area (Å²) in [6, 6.07) is 16.9. The molecule has 0 saturated heterocycles. The maximum Gasteiger partial charge on any atom is 0.280 e. The smallest absolute Gasteiger partial charge is 0.280 e. The number of benzene rings is 2. The van der Waals surface area contributed by atoms with Crippen LogP contribution in [0.2, 0.25) is 0 Å². The molecule has 1 aromatic heterocycles. The van der Waals surface area contributed by atoms with Gasteiger partial charge in [0.1, 0.15) is 5.75 Å². The van der Waals surface area contributed by atoms with E-state index in [0.29, 0.717) is 17.2 Å². The van der Waals surface area contributed by atoms with Crippen molar-refractivity contribution >= 4 is 18.5 Å². The molecule has 2 N–H and O–H groups in total. The minimum atomic E-state index is -0.148. The van der Waals surface area contributed by atoms with Crippen LogP contribution >= 0.6 is 0 Å². The topological polar surface area (TPSA) is 59.0 Å². The van der Waals surface area contributed by atoms with Gasteiger partial charge in [-0.2, -0.15) is 0 Å². The van der Waals surface area contributed by atoms with E-state index < -0.39 is 0 Å². The van der Waals surface area contributed by atoms with Gasteiger partial charge in [0, 0.05) is 11.9 Å². The third-order valence-corrected chi connectivity index (χ3v) is 3.57. The number of aromatic amines is 1. The highest BCUT2D eigenvalue weighted by Gasteiger charge is 2.03. The van der Waals surface area contributed by atoms with Crippen molar-refractivity contribution in [3.8, 4) is 11.4 Å². The SMILES string of the molecule is C=c1[nH]n(-c2ccccc2)c(=O)/c1=C\Nc1ccc(OCC)cc1. The molecule has 5 nitrogen and oxygen atoms in total. The number of para-hydroxylation sites is 1. The largest absolute Gasteiger partial charge is 0.494 e. The van der Waals surface area contributed by atoms with Crippen LogP contribution in [0.1, 0.15) is 6.92 Å². The molecule has 122 valence electrons. The van der Waals surface area contributed by atoms with E-state index >= 15 is 0 Å². The van der Waals surface area contributed by atoms with Crippen molar-refractivity contribution in [3.05, 3.63) is 75.5 Å². The lowest BCUT2D eigenvalue weighted by molar-refractivity contribution is 0.340. The summed E-state index contributed by atoms with van der Waals surface area (Å²) in [6.07, 6.45) is 1.66. The number of hydrogen-bond acceptors (Lipinski definition) is 3. The summed E-state index contributed by atoms with van der Waals surface area (Å²) in [5.41, 5.74) is 1.49. The Balaban J connectivity index is 1.90. The van der Waals surface area contributed by atoms with Crippen LogP contribution in [-0.4, -0.2) is 16.4 Å². The van der Waals surface area contributed by atoms with E-state index in [4.69, 9.17) is 4.74 Å². The van der Waals surface area contributed by atoms with Gasteiger partial charge in [-0.25, -0.2) is 4.68 Å². The van der Waals surface area contributed by atoms with Crippen molar-refractivity contribution in [3.63, 3.8) is 0 Å². The van der Waals surface area contributed by atoms with Crippen LogP contribution in [0.5, 0.6) is 5.75 Å². The zero-order chi connectivity index (χ0) is 16.9. The average molecular weight is 321 g/mol. The van der Waals surface area contributed by atoms with Gasteiger partial charge in [-0.15, -0.1) is 0 Å². The van der Waals surface area contributed by atoms with Crippen LogP contribution in [0.15, 0.2) is 59.4 Å². The molecule has 5 heteroatoms. The second-order valence-corrected chi connectivity index (χ2v) is 5.23. The zero-order valence-corrected chi connectivity index (χ0v) is 13.5. The van der Waals surface area contributed by atoms with Crippen LogP contribution in [0.25, 0.3) is 18.5 Å². The Morgan fingerprint density at radius 1 is 1.17 bits per heavy atom. The van der Waals surface area contributed by atoms with Crippen molar-refractivity contribution in [2.45, 2.75) is 6.92 Å². The Hall–Kier alpha value is -3.21. The Kier molecular flexibility index (Phi) is 4.52. The summed E-state index contributed by atoms with van der Waals surface area (Å²) in [4.78, 5) is 12.6. The molecule has 0 aliphatic carbocycles. The maximum atomic E-state index is 12.6. The molecule has 0 atom stereocenters. The average Bonchev–Trinajstić information content (AvgIpc) is 2.90. The molecule has 1 heterocycles. The van der Waals surface area contributed by atoms with Crippen molar-refractivity contribution in [2.24, 2.45) is 0 Å². The maximum absolute atomic E-state index is 12.6. The fourth-order valence-corrected chi connectivity index (χ4v) is 2.37. The summed E-state index contributed by atoms with van der Waals surface area (Å²) >= 11 is 0. The first-order chi connectivity index (χ1) is 11.7. The molecule has 0 aliphatic heterocycles. The van der Waals surface area contributed by atoms with Gasteiger partial charge in [0.2, 0.25) is 0 Å². The highest BCUT2D eigenvalue weighted by molar-refractivity contribution is 5.55. The minimum Gasteiger partial charge on any atom is -0.494 e. The number of rotatable bonds is 5. The molecule has 2 aromatic carbocycles. The summed E-state index contributed by atoms with van der Waals surface area (Å²) < 4.78 is 6.89. The molecule has 3 rings (SSSR count). The van der Waals surface area contributed by atoms with Crippen molar-refractivity contribution in [1.82, 2.24) is 9.78 Å². The van der Waals surface area contributed by atoms with Crippen LogP contribution < -0.4 is 26.2 Å². The van der Waals surface area contributed by atoms with Crippen LogP contribution in [-0.2, 0) is 0 Å². The number of ether oxygens (including phenoxy) is 1. The first-order valence-electron chi connectivity index (χ1n) is 7.74. The second-order valence-electron chi connectivity index (χ2n) is 5.23. The van der Waals surface area contributed by atoms with E-state index in [1.165, 1.54) is 4.68 Å². The summed E-state index contributed by atoms with van der Waals surface area (Å²) in [7, 11) is 0. The van der Waals surface area contributed by atoms with Crippen LogP contribution in [0, 0.1) is 0 Å². The molecular weight excluding hydrogens is 302 g/mol. The second kappa shape index (κ2) is 6.91. The quantitative estimate of drug-likeness (QED) is 0.754. The third kappa shape index (κ3) is 3.25.